The molecule has 0 radical (unpaired) electrons. The number of hydrogen-bond donors (Lipinski definition) is 2. The third-order valence-electron chi connectivity index (χ3n) is 6.17. The first kappa shape index (κ1) is 15.8. The molecule has 4 rings (SSSR count). The molecule has 2 fully saturated rings. The van der Waals surface area contributed by atoms with Crippen molar-refractivity contribution in [3.05, 3.63) is 29.3 Å². The van der Waals surface area contributed by atoms with Crippen molar-refractivity contribution in [2.75, 3.05) is 38.0 Å². The molecule has 0 saturated carbocycles. The van der Waals surface area contributed by atoms with Gasteiger partial charge in [-0.25, -0.2) is 4.79 Å². The van der Waals surface area contributed by atoms with Crippen LogP contribution in [0.2, 0.25) is 0 Å². The highest BCUT2D eigenvalue weighted by Gasteiger charge is 2.41. The van der Waals surface area contributed by atoms with Crippen LogP contribution >= 0.6 is 0 Å². The molecule has 1 spiro atoms. The van der Waals surface area contributed by atoms with Gasteiger partial charge < -0.3 is 15.3 Å². The number of amides is 1. The van der Waals surface area contributed by atoms with E-state index >= 15 is 0 Å². The maximum Gasteiger partial charge on any atom is 0.407 e. The van der Waals surface area contributed by atoms with Crippen LogP contribution in [0.15, 0.2) is 18.2 Å². The molecular formula is C19H27N3O2. The maximum absolute atomic E-state index is 11.1. The summed E-state index contributed by atoms with van der Waals surface area (Å²) in [5, 5.41) is 12.7. The van der Waals surface area contributed by atoms with Crippen molar-refractivity contribution in [2.24, 2.45) is 5.41 Å². The zero-order valence-electron chi connectivity index (χ0n) is 14.3. The molecule has 5 heteroatoms. The summed E-state index contributed by atoms with van der Waals surface area (Å²) in [6.45, 7) is 5.75. The number of rotatable bonds is 2. The van der Waals surface area contributed by atoms with Gasteiger partial charge in [0.15, 0.2) is 0 Å². The number of piperidine rings is 1. The number of anilines is 1. The monoisotopic (exact) mass is 329 g/mol. The Morgan fingerprint density at radius 1 is 1.21 bits per heavy atom. The second-order valence-electron chi connectivity index (χ2n) is 7.71. The molecule has 3 aliphatic heterocycles. The van der Waals surface area contributed by atoms with E-state index in [1.54, 1.807) is 4.90 Å². The Morgan fingerprint density at radius 3 is 2.79 bits per heavy atom. The molecule has 2 N–H and O–H groups in total. The molecule has 3 aliphatic rings. The van der Waals surface area contributed by atoms with Gasteiger partial charge in [0.25, 0.3) is 0 Å². The van der Waals surface area contributed by atoms with Gasteiger partial charge in [-0.1, -0.05) is 18.2 Å². The van der Waals surface area contributed by atoms with E-state index in [0.717, 1.165) is 39.0 Å². The van der Waals surface area contributed by atoms with E-state index in [1.165, 1.54) is 36.1 Å². The highest BCUT2D eigenvalue weighted by atomic mass is 16.4. The minimum absolute atomic E-state index is 0.341. The topological polar surface area (TPSA) is 55.8 Å². The lowest BCUT2D eigenvalue weighted by Crippen LogP contribution is -2.43. The fraction of sp³-hybridized carbons (Fsp3) is 0.632. The minimum Gasteiger partial charge on any atom is -0.465 e. The Bertz CT molecular complexity index is 623. The Balaban J connectivity index is 1.41. The van der Waals surface area contributed by atoms with Gasteiger partial charge in [0.2, 0.25) is 0 Å². The van der Waals surface area contributed by atoms with E-state index in [9.17, 15) is 4.79 Å². The number of fused-ring (bicyclic) bond motifs is 1. The van der Waals surface area contributed by atoms with Crippen LogP contribution in [0.3, 0.4) is 0 Å². The van der Waals surface area contributed by atoms with Crippen molar-refractivity contribution < 1.29 is 9.90 Å². The number of aryl methyl sites for hydroxylation is 1. The maximum atomic E-state index is 11.1. The van der Waals surface area contributed by atoms with E-state index in [0.29, 0.717) is 18.5 Å². The zero-order chi connectivity index (χ0) is 16.6. The predicted octanol–water partition coefficient (Wildman–Crippen LogP) is 3.01. The second-order valence-corrected chi connectivity index (χ2v) is 7.71. The lowest BCUT2D eigenvalue weighted by Gasteiger charge is -2.38. The summed E-state index contributed by atoms with van der Waals surface area (Å²) in [7, 11) is 0. The predicted molar refractivity (Wildman–Crippen MR) is 94.4 cm³/mol. The van der Waals surface area contributed by atoms with Crippen molar-refractivity contribution in [3.8, 4) is 0 Å². The summed E-state index contributed by atoms with van der Waals surface area (Å²) in [4.78, 5) is 15.3. The molecule has 5 nitrogen and oxygen atoms in total. The fourth-order valence-electron chi connectivity index (χ4n) is 4.70. The standard InChI is InChI=1S/C19H27N3O2/c23-18(24)22-11-7-19(8-12-22)6-10-21(14-19)13-16-4-1-3-15-5-2-9-20-17(15)16/h1,3-4,20H,2,5-14H2,(H,23,24). The smallest absolute Gasteiger partial charge is 0.407 e. The van der Waals surface area contributed by atoms with E-state index < -0.39 is 6.09 Å². The largest absolute Gasteiger partial charge is 0.465 e. The molecule has 1 aromatic rings. The molecule has 0 atom stereocenters. The third-order valence-corrected chi connectivity index (χ3v) is 6.17. The van der Waals surface area contributed by atoms with Crippen LogP contribution in [-0.4, -0.2) is 53.7 Å². The van der Waals surface area contributed by atoms with Crippen molar-refractivity contribution in [1.82, 2.24) is 9.80 Å². The van der Waals surface area contributed by atoms with Crippen molar-refractivity contribution >= 4 is 11.8 Å². The van der Waals surface area contributed by atoms with Gasteiger partial charge in [0, 0.05) is 38.4 Å². The Hall–Kier alpha value is -1.75. The minimum atomic E-state index is -0.762. The molecule has 0 aliphatic carbocycles. The van der Waals surface area contributed by atoms with Crippen molar-refractivity contribution in [2.45, 2.75) is 38.6 Å². The molecule has 0 bridgehead atoms. The van der Waals surface area contributed by atoms with Gasteiger partial charge in [-0.05, 0) is 55.2 Å². The molecule has 24 heavy (non-hydrogen) atoms. The quantitative estimate of drug-likeness (QED) is 0.876. The summed E-state index contributed by atoms with van der Waals surface area (Å²) in [5.74, 6) is 0. The van der Waals surface area contributed by atoms with Crippen LogP contribution in [0, 0.1) is 5.41 Å². The molecule has 2 saturated heterocycles. The van der Waals surface area contributed by atoms with Gasteiger partial charge in [-0.3, -0.25) is 4.90 Å². The number of nitrogens with zero attached hydrogens (tertiary/aromatic N) is 2. The summed E-state index contributed by atoms with van der Waals surface area (Å²) in [5.41, 5.74) is 4.59. The Morgan fingerprint density at radius 2 is 2.00 bits per heavy atom. The van der Waals surface area contributed by atoms with E-state index in [1.807, 2.05) is 0 Å². The van der Waals surface area contributed by atoms with Crippen molar-refractivity contribution in [3.63, 3.8) is 0 Å². The van der Waals surface area contributed by atoms with Crippen LogP contribution in [0.4, 0.5) is 10.5 Å². The van der Waals surface area contributed by atoms with Gasteiger partial charge in [0.1, 0.15) is 0 Å². The van der Waals surface area contributed by atoms with E-state index in [-0.39, 0.29) is 0 Å². The van der Waals surface area contributed by atoms with Crippen LogP contribution in [-0.2, 0) is 13.0 Å². The number of likely N-dealkylation sites (tertiary alicyclic amines) is 2. The Kier molecular flexibility index (Phi) is 4.12. The molecular weight excluding hydrogens is 302 g/mol. The second kappa shape index (κ2) is 6.28. The van der Waals surface area contributed by atoms with Gasteiger partial charge in [0.05, 0.1) is 0 Å². The first-order valence-electron chi connectivity index (χ1n) is 9.20. The van der Waals surface area contributed by atoms with E-state index in [4.69, 9.17) is 5.11 Å². The van der Waals surface area contributed by atoms with Crippen LogP contribution in [0.1, 0.15) is 36.8 Å². The van der Waals surface area contributed by atoms with Crippen LogP contribution in [0.25, 0.3) is 0 Å². The number of hydrogen-bond acceptors (Lipinski definition) is 3. The highest BCUT2D eigenvalue weighted by molar-refractivity contribution is 5.65. The number of nitrogens with one attached hydrogen (secondary N) is 1. The lowest BCUT2D eigenvalue weighted by atomic mass is 9.78. The average Bonchev–Trinajstić information content (AvgIpc) is 2.98. The fourth-order valence-corrected chi connectivity index (χ4v) is 4.70. The highest BCUT2D eigenvalue weighted by Crippen LogP contribution is 2.41. The molecule has 1 amide bonds. The van der Waals surface area contributed by atoms with Gasteiger partial charge >= 0.3 is 6.09 Å². The summed E-state index contributed by atoms with van der Waals surface area (Å²) >= 11 is 0. The first-order chi connectivity index (χ1) is 11.7. The summed E-state index contributed by atoms with van der Waals surface area (Å²) in [6.07, 6.45) is 4.89. The van der Waals surface area contributed by atoms with Crippen molar-refractivity contribution in [1.29, 1.82) is 0 Å². The first-order valence-corrected chi connectivity index (χ1v) is 9.20. The van der Waals surface area contributed by atoms with Crippen LogP contribution in [0.5, 0.6) is 0 Å². The summed E-state index contributed by atoms with van der Waals surface area (Å²) < 4.78 is 0. The lowest BCUT2D eigenvalue weighted by molar-refractivity contribution is 0.0914. The van der Waals surface area contributed by atoms with Gasteiger partial charge in [-0.15, -0.1) is 0 Å². The molecule has 3 heterocycles. The number of benzene rings is 1. The molecule has 130 valence electrons. The molecule has 0 unspecified atom stereocenters. The number of carbonyl (C=O) groups is 1. The Labute approximate surface area is 143 Å². The summed E-state index contributed by atoms with van der Waals surface area (Å²) in [6, 6.07) is 6.70. The normalized spacial score (nSPS) is 23.1. The molecule has 1 aromatic carbocycles. The zero-order valence-corrected chi connectivity index (χ0v) is 14.3. The van der Waals surface area contributed by atoms with E-state index in [2.05, 4.69) is 28.4 Å². The van der Waals surface area contributed by atoms with Gasteiger partial charge in [-0.2, -0.15) is 0 Å². The molecule has 0 aromatic heterocycles. The number of para-hydroxylation sites is 1. The SMILES string of the molecule is O=C(O)N1CCC2(CCN(Cc3cccc4c3NCCC4)C2)CC1. The third kappa shape index (κ3) is 2.97. The number of carboxylic acid groups (broad SMARTS) is 1. The van der Waals surface area contributed by atoms with Crippen LogP contribution < -0.4 is 5.32 Å². The average molecular weight is 329 g/mol.